The van der Waals surface area contributed by atoms with E-state index in [1.165, 1.54) is 15.4 Å². The van der Waals surface area contributed by atoms with Gasteiger partial charge in [0.1, 0.15) is 0 Å². The molecular formula is C21H31IN4O2S. The number of hydrogen-bond acceptors (Lipinski definition) is 3. The molecule has 0 aliphatic rings. The molecule has 0 fully saturated rings. The Labute approximate surface area is 191 Å². The first-order chi connectivity index (χ1) is 13.3. The molecule has 0 saturated heterocycles. The second-order valence-electron chi connectivity index (χ2n) is 6.96. The standard InChI is InChI=1S/C21H30N4O2S.HI/c1-16(2)25(5)28(26,27)20-12-10-18(11-13-20)14-23-21(22-4)24-15-19-9-7-6-8-17(19)3;/h6-13,16H,14-15H2,1-5H3,(H2,22,23,24);1H. The number of rotatable bonds is 7. The van der Waals surface area contributed by atoms with Gasteiger partial charge in [0, 0.05) is 33.2 Å². The van der Waals surface area contributed by atoms with Gasteiger partial charge in [-0.2, -0.15) is 4.31 Å². The van der Waals surface area contributed by atoms with Crippen LogP contribution < -0.4 is 10.6 Å². The number of guanidine groups is 1. The second-order valence-corrected chi connectivity index (χ2v) is 8.96. The van der Waals surface area contributed by atoms with E-state index < -0.39 is 10.0 Å². The summed E-state index contributed by atoms with van der Waals surface area (Å²) in [6.07, 6.45) is 0. The summed E-state index contributed by atoms with van der Waals surface area (Å²) < 4.78 is 26.4. The minimum absolute atomic E-state index is 0. The number of benzene rings is 2. The van der Waals surface area contributed by atoms with Crippen LogP contribution in [0.2, 0.25) is 0 Å². The highest BCUT2D eigenvalue weighted by Gasteiger charge is 2.22. The lowest BCUT2D eigenvalue weighted by Gasteiger charge is -2.21. The lowest BCUT2D eigenvalue weighted by atomic mass is 10.1. The predicted octanol–water partition coefficient (Wildman–Crippen LogP) is 3.51. The molecule has 0 saturated carbocycles. The minimum atomic E-state index is -3.46. The Hall–Kier alpha value is -1.65. The first-order valence-corrected chi connectivity index (χ1v) is 10.8. The summed E-state index contributed by atoms with van der Waals surface area (Å²) in [5.74, 6) is 0.694. The number of hydrogen-bond donors (Lipinski definition) is 2. The van der Waals surface area contributed by atoms with Crippen molar-refractivity contribution in [2.24, 2.45) is 4.99 Å². The molecule has 0 atom stereocenters. The van der Waals surface area contributed by atoms with Crippen molar-refractivity contribution in [1.82, 2.24) is 14.9 Å². The third-order valence-electron chi connectivity index (χ3n) is 4.72. The van der Waals surface area contributed by atoms with Gasteiger partial charge in [-0.1, -0.05) is 36.4 Å². The van der Waals surface area contributed by atoms with E-state index in [1.807, 2.05) is 38.1 Å². The van der Waals surface area contributed by atoms with Gasteiger partial charge in [-0.05, 0) is 49.6 Å². The maximum atomic E-state index is 12.5. The first-order valence-electron chi connectivity index (χ1n) is 9.31. The van der Waals surface area contributed by atoms with E-state index in [2.05, 4.69) is 34.7 Å². The molecule has 2 N–H and O–H groups in total. The SMILES string of the molecule is CN=C(NCc1ccc(S(=O)(=O)N(C)C(C)C)cc1)NCc1ccccc1C.I. The number of aliphatic imine (C=N–C) groups is 1. The number of sulfonamides is 1. The summed E-state index contributed by atoms with van der Waals surface area (Å²) in [4.78, 5) is 4.54. The average molecular weight is 530 g/mol. The molecule has 2 rings (SSSR count). The van der Waals surface area contributed by atoms with Crippen molar-refractivity contribution >= 4 is 40.0 Å². The van der Waals surface area contributed by atoms with Crippen LogP contribution in [0.1, 0.15) is 30.5 Å². The highest BCUT2D eigenvalue weighted by Crippen LogP contribution is 2.17. The molecule has 0 heterocycles. The lowest BCUT2D eigenvalue weighted by molar-refractivity contribution is 0.410. The Kier molecular flexibility index (Phi) is 10.1. The number of nitrogens with zero attached hydrogens (tertiary/aromatic N) is 2. The van der Waals surface area contributed by atoms with Crippen LogP contribution in [0.25, 0.3) is 0 Å². The van der Waals surface area contributed by atoms with Crippen molar-refractivity contribution in [3.63, 3.8) is 0 Å². The van der Waals surface area contributed by atoms with Gasteiger partial charge in [-0.25, -0.2) is 8.42 Å². The van der Waals surface area contributed by atoms with Crippen LogP contribution in [0.15, 0.2) is 58.4 Å². The van der Waals surface area contributed by atoms with Crippen molar-refractivity contribution in [3.8, 4) is 0 Å². The Morgan fingerprint density at radius 2 is 1.62 bits per heavy atom. The van der Waals surface area contributed by atoms with Crippen LogP contribution in [0.3, 0.4) is 0 Å². The molecule has 0 radical (unpaired) electrons. The van der Waals surface area contributed by atoms with Gasteiger partial charge < -0.3 is 10.6 Å². The fraction of sp³-hybridized carbons (Fsp3) is 0.381. The molecule has 0 unspecified atom stereocenters. The Morgan fingerprint density at radius 3 is 2.17 bits per heavy atom. The van der Waals surface area contributed by atoms with Crippen molar-refractivity contribution < 1.29 is 8.42 Å². The smallest absolute Gasteiger partial charge is 0.243 e. The topological polar surface area (TPSA) is 73.8 Å². The van der Waals surface area contributed by atoms with Gasteiger partial charge in [0.25, 0.3) is 0 Å². The Morgan fingerprint density at radius 1 is 1.03 bits per heavy atom. The highest BCUT2D eigenvalue weighted by molar-refractivity contribution is 14.0. The summed E-state index contributed by atoms with van der Waals surface area (Å²) in [6, 6.07) is 15.1. The molecular weight excluding hydrogens is 499 g/mol. The third-order valence-corrected chi connectivity index (χ3v) is 6.77. The van der Waals surface area contributed by atoms with Gasteiger partial charge in [-0.3, -0.25) is 4.99 Å². The predicted molar refractivity (Wildman–Crippen MR) is 130 cm³/mol. The first kappa shape index (κ1) is 25.4. The molecule has 0 amide bonds. The molecule has 0 spiro atoms. The molecule has 0 aliphatic heterocycles. The monoisotopic (exact) mass is 530 g/mol. The molecule has 160 valence electrons. The molecule has 0 bridgehead atoms. The average Bonchev–Trinajstić information content (AvgIpc) is 2.69. The van der Waals surface area contributed by atoms with Gasteiger partial charge in [0.05, 0.1) is 4.90 Å². The van der Waals surface area contributed by atoms with E-state index in [0.717, 1.165) is 5.56 Å². The van der Waals surface area contributed by atoms with Crippen molar-refractivity contribution in [2.75, 3.05) is 14.1 Å². The van der Waals surface area contributed by atoms with Gasteiger partial charge in [0.2, 0.25) is 10.0 Å². The number of halogens is 1. The number of aryl methyl sites for hydroxylation is 1. The molecule has 0 aromatic heterocycles. The van der Waals surface area contributed by atoms with Gasteiger partial charge in [0.15, 0.2) is 5.96 Å². The van der Waals surface area contributed by atoms with Gasteiger partial charge in [-0.15, -0.1) is 24.0 Å². The third kappa shape index (κ3) is 6.97. The van der Waals surface area contributed by atoms with Crippen molar-refractivity contribution in [1.29, 1.82) is 0 Å². The zero-order valence-electron chi connectivity index (χ0n) is 17.6. The summed E-state index contributed by atoms with van der Waals surface area (Å²) >= 11 is 0. The van der Waals surface area contributed by atoms with E-state index in [0.29, 0.717) is 23.9 Å². The van der Waals surface area contributed by atoms with Crippen LogP contribution in [0.5, 0.6) is 0 Å². The zero-order chi connectivity index (χ0) is 20.7. The van der Waals surface area contributed by atoms with Crippen LogP contribution in [0.4, 0.5) is 0 Å². The second kappa shape index (κ2) is 11.5. The molecule has 0 aliphatic carbocycles. The van der Waals surface area contributed by atoms with E-state index in [9.17, 15) is 8.42 Å². The lowest BCUT2D eigenvalue weighted by Crippen LogP contribution is -2.36. The molecule has 29 heavy (non-hydrogen) atoms. The molecule has 6 nitrogen and oxygen atoms in total. The molecule has 8 heteroatoms. The minimum Gasteiger partial charge on any atom is -0.352 e. The van der Waals surface area contributed by atoms with Crippen LogP contribution in [-0.4, -0.2) is 38.8 Å². The Balaban J connectivity index is 0.00000420. The van der Waals surface area contributed by atoms with E-state index in [-0.39, 0.29) is 30.0 Å². The van der Waals surface area contributed by atoms with Gasteiger partial charge >= 0.3 is 0 Å². The fourth-order valence-corrected chi connectivity index (χ4v) is 3.98. The molecule has 2 aromatic carbocycles. The zero-order valence-corrected chi connectivity index (χ0v) is 20.8. The summed E-state index contributed by atoms with van der Waals surface area (Å²) in [5, 5.41) is 6.55. The van der Waals surface area contributed by atoms with Crippen LogP contribution in [0, 0.1) is 6.92 Å². The van der Waals surface area contributed by atoms with Crippen molar-refractivity contribution in [2.45, 2.75) is 44.8 Å². The van der Waals surface area contributed by atoms with Crippen molar-refractivity contribution in [3.05, 3.63) is 65.2 Å². The van der Waals surface area contributed by atoms with Crippen LogP contribution in [-0.2, 0) is 23.1 Å². The summed E-state index contributed by atoms with van der Waals surface area (Å²) in [6.45, 7) is 7.02. The van der Waals surface area contributed by atoms with E-state index in [4.69, 9.17) is 0 Å². The summed E-state index contributed by atoms with van der Waals surface area (Å²) in [5.41, 5.74) is 3.42. The fourth-order valence-electron chi connectivity index (χ4n) is 2.62. The number of nitrogens with one attached hydrogen (secondary N) is 2. The Bertz CT molecular complexity index is 913. The highest BCUT2D eigenvalue weighted by atomic mass is 127. The molecule has 2 aromatic rings. The van der Waals surface area contributed by atoms with E-state index in [1.54, 1.807) is 26.2 Å². The van der Waals surface area contributed by atoms with Crippen LogP contribution >= 0.6 is 24.0 Å². The maximum absolute atomic E-state index is 12.5. The quantitative estimate of drug-likeness (QED) is 0.327. The normalized spacial score (nSPS) is 12.0. The van der Waals surface area contributed by atoms with E-state index >= 15 is 0 Å². The summed E-state index contributed by atoms with van der Waals surface area (Å²) in [7, 11) is -0.134. The largest absolute Gasteiger partial charge is 0.352 e. The maximum Gasteiger partial charge on any atom is 0.243 e.